The molecular formula is C16H17FO2. The normalized spacial score (nSPS) is 13.9. The van der Waals surface area contributed by atoms with E-state index in [-0.39, 0.29) is 5.56 Å². The number of benzene rings is 2. The second-order valence-corrected chi connectivity index (χ2v) is 4.79. The summed E-state index contributed by atoms with van der Waals surface area (Å²) in [5, 5.41) is 10.6. The van der Waals surface area contributed by atoms with Gasteiger partial charge in [-0.3, -0.25) is 0 Å². The molecule has 1 atom stereocenters. The molecule has 0 aliphatic heterocycles. The molecule has 2 aromatic rings. The number of methoxy groups -OCH3 is 1. The van der Waals surface area contributed by atoms with Crippen LogP contribution in [0, 0.1) is 12.7 Å². The lowest BCUT2D eigenvalue weighted by Gasteiger charge is -2.25. The molecule has 0 heterocycles. The number of halogens is 1. The third kappa shape index (κ3) is 2.61. The van der Waals surface area contributed by atoms with E-state index in [0.717, 1.165) is 5.56 Å². The van der Waals surface area contributed by atoms with Gasteiger partial charge in [0.25, 0.3) is 0 Å². The summed E-state index contributed by atoms with van der Waals surface area (Å²) in [6, 6.07) is 11.9. The maximum Gasteiger partial charge on any atom is 0.133 e. The number of hydrogen-bond donors (Lipinski definition) is 1. The Morgan fingerprint density at radius 3 is 2.47 bits per heavy atom. The Labute approximate surface area is 112 Å². The zero-order valence-electron chi connectivity index (χ0n) is 11.3. The Balaban J connectivity index is 2.50. The fourth-order valence-corrected chi connectivity index (χ4v) is 2.12. The molecule has 100 valence electrons. The van der Waals surface area contributed by atoms with Crippen LogP contribution >= 0.6 is 0 Å². The van der Waals surface area contributed by atoms with Crippen molar-refractivity contribution in [3.05, 3.63) is 65.0 Å². The van der Waals surface area contributed by atoms with E-state index in [1.54, 1.807) is 25.1 Å². The first-order valence-corrected chi connectivity index (χ1v) is 6.08. The Kier molecular flexibility index (Phi) is 3.58. The van der Waals surface area contributed by atoms with E-state index >= 15 is 0 Å². The van der Waals surface area contributed by atoms with E-state index in [0.29, 0.717) is 11.3 Å². The van der Waals surface area contributed by atoms with Crippen LogP contribution in [0.25, 0.3) is 0 Å². The zero-order valence-corrected chi connectivity index (χ0v) is 11.3. The van der Waals surface area contributed by atoms with E-state index in [1.807, 2.05) is 25.1 Å². The molecular weight excluding hydrogens is 243 g/mol. The van der Waals surface area contributed by atoms with Crippen molar-refractivity contribution in [1.29, 1.82) is 0 Å². The highest BCUT2D eigenvalue weighted by molar-refractivity contribution is 5.40. The largest absolute Gasteiger partial charge is 0.497 e. The minimum absolute atomic E-state index is 0.235. The molecule has 0 bridgehead atoms. The van der Waals surface area contributed by atoms with Crippen LogP contribution in [-0.4, -0.2) is 12.2 Å². The highest BCUT2D eigenvalue weighted by Crippen LogP contribution is 2.32. The summed E-state index contributed by atoms with van der Waals surface area (Å²) in [4.78, 5) is 0. The van der Waals surface area contributed by atoms with Gasteiger partial charge >= 0.3 is 0 Å². The summed E-state index contributed by atoms with van der Waals surface area (Å²) in [6.07, 6.45) is 0. The minimum atomic E-state index is -1.37. The van der Waals surface area contributed by atoms with Crippen LogP contribution in [0.4, 0.5) is 4.39 Å². The van der Waals surface area contributed by atoms with Gasteiger partial charge in [-0.25, -0.2) is 4.39 Å². The van der Waals surface area contributed by atoms with E-state index in [1.165, 1.54) is 13.2 Å². The van der Waals surface area contributed by atoms with Crippen molar-refractivity contribution in [2.45, 2.75) is 19.4 Å². The average molecular weight is 260 g/mol. The van der Waals surface area contributed by atoms with Gasteiger partial charge in [-0.2, -0.15) is 0 Å². The van der Waals surface area contributed by atoms with Gasteiger partial charge in [0.05, 0.1) is 7.11 Å². The van der Waals surface area contributed by atoms with E-state index < -0.39 is 11.4 Å². The van der Waals surface area contributed by atoms with Gasteiger partial charge in [-0.05, 0) is 31.5 Å². The van der Waals surface area contributed by atoms with Crippen molar-refractivity contribution in [3.63, 3.8) is 0 Å². The summed E-state index contributed by atoms with van der Waals surface area (Å²) < 4.78 is 19.0. The molecule has 0 aliphatic rings. The molecule has 3 heteroatoms. The topological polar surface area (TPSA) is 29.5 Å². The maximum absolute atomic E-state index is 14.1. The van der Waals surface area contributed by atoms with E-state index in [4.69, 9.17) is 4.74 Å². The van der Waals surface area contributed by atoms with Crippen LogP contribution in [-0.2, 0) is 5.60 Å². The predicted molar refractivity (Wildman–Crippen MR) is 72.8 cm³/mol. The van der Waals surface area contributed by atoms with Gasteiger partial charge in [0.1, 0.15) is 17.2 Å². The minimum Gasteiger partial charge on any atom is -0.497 e. The van der Waals surface area contributed by atoms with Crippen LogP contribution in [0.2, 0.25) is 0 Å². The summed E-state index contributed by atoms with van der Waals surface area (Å²) in [5.41, 5.74) is 0.546. The molecule has 19 heavy (non-hydrogen) atoms. The number of rotatable bonds is 3. The molecule has 0 amide bonds. The Morgan fingerprint density at radius 1 is 1.16 bits per heavy atom. The number of ether oxygens (including phenoxy) is 1. The Bertz CT molecular complexity index is 591. The first-order valence-electron chi connectivity index (χ1n) is 6.08. The van der Waals surface area contributed by atoms with Crippen LogP contribution in [0.15, 0.2) is 42.5 Å². The number of aliphatic hydroxyl groups is 1. The molecule has 0 spiro atoms. The highest BCUT2D eigenvalue weighted by Gasteiger charge is 2.29. The lowest BCUT2D eigenvalue weighted by Crippen LogP contribution is -2.24. The molecule has 2 nitrogen and oxygen atoms in total. The predicted octanol–water partition coefficient (Wildman–Crippen LogP) is 3.40. The standard InChI is InChI=1S/C16H17FO2/c1-11-5-4-6-12(9-11)16(2,18)14-8-7-13(19-3)10-15(14)17/h4-10,18H,1-3H3. The van der Waals surface area contributed by atoms with Gasteiger partial charge < -0.3 is 9.84 Å². The molecule has 1 N–H and O–H groups in total. The van der Waals surface area contributed by atoms with Crippen LogP contribution in [0.5, 0.6) is 5.75 Å². The van der Waals surface area contributed by atoms with E-state index in [2.05, 4.69) is 0 Å². The van der Waals surface area contributed by atoms with Crippen molar-refractivity contribution >= 4 is 0 Å². The molecule has 1 unspecified atom stereocenters. The Hall–Kier alpha value is -1.87. The monoisotopic (exact) mass is 260 g/mol. The molecule has 0 fully saturated rings. The summed E-state index contributed by atoms with van der Waals surface area (Å²) in [5.74, 6) is -0.0489. The molecule has 0 radical (unpaired) electrons. The first kappa shape index (κ1) is 13.6. The second kappa shape index (κ2) is 5.02. The van der Waals surface area contributed by atoms with Gasteiger partial charge in [0.2, 0.25) is 0 Å². The van der Waals surface area contributed by atoms with Crippen LogP contribution < -0.4 is 4.74 Å². The lowest BCUT2D eigenvalue weighted by molar-refractivity contribution is 0.0978. The fraction of sp³-hybridized carbons (Fsp3) is 0.250. The van der Waals surface area contributed by atoms with E-state index in [9.17, 15) is 9.50 Å². The fourth-order valence-electron chi connectivity index (χ4n) is 2.12. The number of hydrogen-bond acceptors (Lipinski definition) is 2. The third-order valence-corrected chi connectivity index (χ3v) is 3.28. The summed E-state index contributed by atoms with van der Waals surface area (Å²) in [6.45, 7) is 3.52. The smallest absolute Gasteiger partial charge is 0.133 e. The van der Waals surface area contributed by atoms with Crippen molar-refractivity contribution < 1.29 is 14.2 Å². The molecule has 0 saturated heterocycles. The molecule has 2 aromatic carbocycles. The van der Waals surface area contributed by atoms with Crippen molar-refractivity contribution in [2.24, 2.45) is 0 Å². The quantitative estimate of drug-likeness (QED) is 0.916. The average Bonchev–Trinajstić information content (AvgIpc) is 2.38. The summed E-state index contributed by atoms with van der Waals surface area (Å²) in [7, 11) is 1.48. The highest BCUT2D eigenvalue weighted by atomic mass is 19.1. The lowest BCUT2D eigenvalue weighted by atomic mass is 9.87. The van der Waals surface area contributed by atoms with Gasteiger partial charge in [-0.15, -0.1) is 0 Å². The van der Waals surface area contributed by atoms with Gasteiger partial charge in [0, 0.05) is 11.6 Å². The van der Waals surface area contributed by atoms with Crippen LogP contribution in [0.3, 0.4) is 0 Å². The molecule has 0 aliphatic carbocycles. The van der Waals surface area contributed by atoms with Crippen molar-refractivity contribution in [1.82, 2.24) is 0 Å². The summed E-state index contributed by atoms with van der Waals surface area (Å²) >= 11 is 0. The SMILES string of the molecule is COc1ccc(C(C)(O)c2cccc(C)c2)c(F)c1. The van der Waals surface area contributed by atoms with Gasteiger partial charge in [0.15, 0.2) is 0 Å². The second-order valence-electron chi connectivity index (χ2n) is 4.79. The van der Waals surface area contributed by atoms with Gasteiger partial charge in [-0.1, -0.05) is 29.8 Å². The Morgan fingerprint density at radius 2 is 1.89 bits per heavy atom. The zero-order chi connectivity index (χ0) is 14.0. The van der Waals surface area contributed by atoms with Crippen molar-refractivity contribution in [2.75, 3.05) is 7.11 Å². The van der Waals surface area contributed by atoms with Crippen molar-refractivity contribution in [3.8, 4) is 5.75 Å². The third-order valence-electron chi connectivity index (χ3n) is 3.28. The first-order chi connectivity index (χ1) is 8.95. The van der Waals surface area contributed by atoms with Crippen LogP contribution in [0.1, 0.15) is 23.6 Å². The maximum atomic E-state index is 14.1. The molecule has 0 saturated carbocycles. The molecule has 2 rings (SSSR count). The molecule has 0 aromatic heterocycles. The number of aryl methyl sites for hydroxylation is 1.